The molecular weight excluding hydrogens is 542 g/mol. The number of carboxylic acid groups (broad SMARTS) is 1. The molecule has 0 aliphatic rings. The number of carbonyl (C=O) groups is 1. The molecule has 9 heteroatoms. The number of rotatable bonds is 11. The van der Waals surface area contributed by atoms with Crippen molar-refractivity contribution in [3.05, 3.63) is 107 Å². The van der Waals surface area contributed by atoms with Crippen molar-refractivity contribution in [2.75, 3.05) is 14.2 Å². The van der Waals surface area contributed by atoms with Gasteiger partial charge in [0.05, 0.1) is 26.8 Å². The fourth-order valence-corrected chi connectivity index (χ4v) is 5.70. The summed E-state index contributed by atoms with van der Waals surface area (Å²) in [6.45, 7) is 6.13. The van der Waals surface area contributed by atoms with Crippen LogP contribution in [0.3, 0.4) is 0 Å². The van der Waals surface area contributed by atoms with Crippen molar-refractivity contribution in [1.82, 2.24) is 24.6 Å². The Labute approximate surface area is 252 Å². The summed E-state index contributed by atoms with van der Waals surface area (Å²) in [7, 11) is 3.25. The van der Waals surface area contributed by atoms with E-state index < -0.39 is 17.7 Å². The first kappa shape index (κ1) is 29.7. The smallest absolute Gasteiger partial charge is 0.408 e. The SMILES string of the molecule is COc1ccc(Cn2c(CCc3ccccc3)nnc2[C@@H](Cc2c[nH]c3ccccc23)N(C(=O)O)C(C)(C)C)c(OC)c1. The minimum absolute atomic E-state index is 0.404. The number of aryl methyl sites for hydroxylation is 2. The molecule has 0 aliphatic carbocycles. The molecule has 5 rings (SSSR count). The lowest BCUT2D eigenvalue weighted by Gasteiger charge is -2.39. The Hall–Kier alpha value is -4.79. The zero-order chi connectivity index (χ0) is 30.6. The molecule has 0 fully saturated rings. The normalized spacial score (nSPS) is 12.3. The Morgan fingerprint density at radius 2 is 1.70 bits per heavy atom. The Morgan fingerprint density at radius 3 is 2.40 bits per heavy atom. The standard InChI is InChI=1S/C34H39N5O4/c1-34(2,3)39(33(40)41)29(19-25-21-35-28-14-10-9-13-27(25)28)32-37-36-31(18-15-23-11-7-6-8-12-23)38(32)22-24-16-17-26(42-4)20-30(24)43-5/h6-14,16-17,20-21,29,35H,15,18-19,22H2,1-5H3,(H,40,41)/t29-/m1/s1. The lowest BCUT2D eigenvalue weighted by molar-refractivity contribution is 0.0656. The minimum Gasteiger partial charge on any atom is -0.497 e. The maximum absolute atomic E-state index is 12.9. The number of H-pyrrole nitrogens is 1. The number of amides is 1. The van der Waals surface area contributed by atoms with Crippen molar-refractivity contribution >= 4 is 17.0 Å². The number of para-hydroxylation sites is 1. The lowest BCUT2D eigenvalue weighted by atomic mass is 9.97. The molecule has 0 unspecified atom stereocenters. The van der Waals surface area contributed by atoms with Gasteiger partial charge in [0.15, 0.2) is 5.82 Å². The van der Waals surface area contributed by atoms with Gasteiger partial charge in [-0.3, -0.25) is 4.90 Å². The summed E-state index contributed by atoms with van der Waals surface area (Å²) in [5.41, 5.74) is 3.41. The van der Waals surface area contributed by atoms with Gasteiger partial charge in [-0.25, -0.2) is 4.79 Å². The van der Waals surface area contributed by atoms with E-state index in [4.69, 9.17) is 14.6 Å². The van der Waals surface area contributed by atoms with E-state index in [0.29, 0.717) is 36.7 Å². The zero-order valence-electron chi connectivity index (χ0n) is 25.4. The van der Waals surface area contributed by atoms with Crippen LogP contribution in [0.4, 0.5) is 4.79 Å². The van der Waals surface area contributed by atoms with Crippen LogP contribution in [0.15, 0.2) is 79.0 Å². The Bertz CT molecular complexity index is 1690. The number of fused-ring (bicyclic) bond motifs is 1. The van der Waals surface area contributed by atoms with E-state index in [2.05, 4.69) is 32.8 Å². The molecule has 0 spiro atoms. The average Bonchev–Trinajstić information content (AvgIpc) is 3.59. The summed E-state index contributed by atoms with van der Waals surface area (Å²) in [5, 5.41) is 21.0. The second-order valence-corrected chi connectivity index (χ2v) is 11.6. The van der Waals surface area contributed by atoms with Gasteiger partial charge in [0.2, 0.25) is 0 Å². The van der Waals surface area contributed by atoms with Crippen molar-refractivity contribution in [3.8, 4) is 11.5 Å². The maximum atomic E-state index is 12.9. The maximum Gasteiger partial charge on any atom is 0.408 e. The highest BCUT2D eigenvalue weighted by atomic mass is 16.5. The van der Waals surface area contributed by atoms with Crippen molar-refractivity contribution in [3.63, 3.8) is 0 Å². The number of aromatic nitrogens is 4. The lowest BCUT2D eigenvalue weighted by Crippen LogP contribution is -2.48. The van der Waals surface area contributed by atoms with E-state index in [1.165, 1.54) is 10.5 Å². The van der Waals surface area contributed by atoms with Crippen LogP contribution >= 0.6 is 0 Å². The fraction of sp³-hybridized carbons (Fsp3) is 0.324. The van der Waals surface area contributed by atoms with Crippen LogP contribution in [0.25, 0.3) is 10.9 Å². The van der Waals surface area contributed by atoms with Crippen LogP contribution < -0.4 is 9.47 Å². The molecule has 0 saturated carbocycles. The van der Waals surface area contributed by atoms with E-state index in [1.54, 1.807) is 14.2 Å². The summed E-state index contributed by atoms with van der Waals surface area (Å²) in [4.78, 5) is 17.8. The van der Waals surface area contributed by atoms with Gasteiger partial charge in [-0.2, -0.15) is 0 Å². The van der Waals surface area contributed by atoms with Crippen molar-refractivity contribution in [2.45, 2.75) is 58.2 Å². The van der Waals surface area contributed by atoms with Gasteiger partial charge in [-0.05, 0) is 56.5 Å². The highest BCUT2D eigenvalue weighted by molar-refractivity contribution is 5.83. The molecule has 43 heavy (non-hydrogen) atoms. The summed E-state index contributed by atoms with van der Waals surface area (Å²) >= 11 is 0. The van der Waals surface area contributed by atoms with Crippen molar-refractivity contribution < 1.29 is 19.4 Å². The average molecular weight is 582 g/mol. The number of ether oxygens (including phenoxy) is 2. The van der Waals surface area contributed by atoms with Crippen LogP contribution in [0.2, 0.25) is 0 Å². The first-order chi connectivity index (χ1) is 20.7. The zero-order valence-corrected chi connectivity index (χ0v) is 25.4. The van der Waals surface area contributed by atoms with Crippen molar-refractivity contribution in [1.29, 1.82) is 0 Å². The molecule has 2 aromatic heterocycles. The van der Waals surface area contributed by atoms with Crippen LogP contribution in [0.1, 0.15) is 55.2 Å². The van der Waals surface area contributed by atoms with Gasteiger partial charge in [-0.1, -0.05) is 48.5 Å². The predicted molar refractivity (Wildman–Crippen MR) is 167 cm³/mol. The first-order valence-corrected chi connectivity index (χ1v) is 14.4. The third kappa shape index (κ3) is 6.51. The molecule has 224 valence electrons. The number of hydrogen-bond donors (Lipinski definition) is 2. The molecule has 0 radical (unpaired) electrons. The molecule has 3 aromatic carbocycles. The van der Waals surface area contributed by atoms with E-state index in [9.17, 15) is 9.90 Å². The molecule has 1 atom stereocenters. The van der Waals surface area contributed by atoms with Gasteiger partial charge in [0.1, 0.15) is 17.3 Å². The molecular formula is C34H39N5O4. The fourth-order valence-electron chi connectivity index (χ4n) is 5.70. The van der Waals surface area contributed by atoms with Crippen LogP contribution in [0.5, 0.6) is 11.5 Å². The first-order valence-electron chi connectivity index (χ1n) is 14.4. The van der Waals surface area contributed by atoms with Gasteiger partial charge in [0.25, 0.3) is 0 Å². The van der Waals surface area contributed by atoms with Crippen molar-refractivity contribution in [2.24, 2.45) is 0 Å². The molecule has 9 nitrogen and oxygen atoms in total. The summed E-state index contributed by atoms with van der Waals surface area (Å²) in [5.74, 6) is 2.73. The molecule has 2 N–H and O–H groups in total. The minimum atomic E-state index is -1.01. The number of aromatic amines is 1. The molecule has 5 aromatic rings. The largest absolute Gasteiger partial charge is 0.497 e. The Morgan fingerprint density at radius 1 is 0.953 bits per heavy atom. The monoisotopic (exact) mass is 581 g/mol. The predicted octanol–water partition coefficient (Wildman–Crippen LogP) is 6.67. The second-order valence-electron chi connectivity index (χ2n) is 11.6. The molecule has 1 amide bonds. The van der Waals surface area contributed by atoms with Gasteiger partial charge >= 0.3 is 6.09 Å². The van der Waals surface area contributed by atoms with E-state index in [0.717, 1.165) is 34.3 Å². The van der Waals surface area contributed by atoms with Gasteiger partial charge in [0, 0.05) is 47.1 Å². The van der Waals surface area contributed by atoms with Crippen LogP contribution in [-0.2, 0) is 25.8 Å². The Kier molecular flexibility index (Phi) is 8.71. The van der Waals surface area contributed by atoms with Gasteiger partial charge in [-0.15, -0.1) is 10.2 Å². The highest BCUT2D eigenvalue weighted by Gasteiger charge is 2.38. The van der Waals surface area contributed by atoms with E-state index in [-0.39, 0.29) is 0 Å². The summed E-state index contributed by atoms with van der Waals surface area (Å²) < 4.78 is 13.2. The summed E-state index contributed by atoms with van der Waals surface area (Å²) in [6, 6.07) is 23.4. The Balaban J connectivity index is 1.64. The highest BCUT2D eigenvalue weighted by Crippen LogP contribution is 2.35. The molecule has 2 heterocycles. The van der Waals surface area contributed by atoms with Crippen LogP contribution in [-0.4, -0.2) is 55.6 Å². The second kappa shape index (κ2) is 12.6. The quantitative estimate of drug-likeness (QED) is 0.180. The third-order valence-electron chi connectivity index (χ3n) is 7.79. The molecule has 0 bridgehead atoms. The number of hydrogen-bond acceptors (Lipinski definition) is 5. The topological polar surface area (TPSA) is 106 Å². The van der Waals surface area contributed by atoms with Crippen LogP contribution in [0, 0.1) is 0 Å². The number of nitrogens with zero attached hydrogens (tertiary/aromatic N) is 4. The number of benzene rings is 3. The number of nitrogens with one attached hydrogen (secondary N) is 1. The van der Waals surface area contributed by atoms with E-state index >= 15 is 0 Å². The van der Waals surface area contributed by atoms with E-state index in [1.807, 2.05) is 81.6 Å². The third-order valence-corrected chi connectivity index (χ3v) is 7.79. The number of methoxy groups -OCH3 is 2. The molecule has 0 saturated heterocycles. The summed E-state index contributed by atoms with van der Waals surface area (Å²) in [6.07, 6.45) is 2.78. The molecule has 0 aliphatic heterocycles. The van der Waals surface area contributed by atoms with Gasteiger partial charge < -0.3 is 24.1 Å².